The second-order valence-corrected chi connectivity index (χ2v) is 5.84. The van der Waals surface area contributed by atoms with E-state index < -0.39 is 0 Å². The summed E-state index contributed by atoms with van der Waals surface area (Å²) in [4.78, 5) is 26.9. The number of nitrogens with zero attached hydrogens (tertiary/aromatic N) is 1. The molecule has 2 atom stereocenters. The fourth-order valence-corrected chi connectivity index (χ4v) is 3.16. The smallest absolute Gasteiger partial charge is 0.246 e. The molecule has 4 heteroatoms. The van der Waals surface area contributed by atoms with Crippen molar-refractivity contribution in [1.82, 2.24) is 10.2 Å². The van der Waals surface area contributed by atoms with Crippen LogP contribution in [-0.2, 0) is 9.59 Å². The van der Waals surface area contributed by atoms with Gasteiger partial charge in [0.1, 0.15) is 12.1 Å². The number of rotatable bonds is 6. The van der Waals surface area contributed by atoms with Gasteiger partial charge >= 0.3 is 0 Å². The Morgan fingerprint density at radius 2 is 1.84 bits per heavy atom. The van der Waals surface area contributed by atoms with Crippen LogP contribution in [0.3, 0.4) is 0 Å². The van der Waals surface area contributed by atoms with Crippen LogP contribution < -0.4 is 5.32 Å². The zero-order valence-corrected chi connectivity index (χ0v) is 12.3. The summed E-state index contributed by atoms with van der Waals surface area (Å²) < 4.78 is 0. The quantitative estimate of drug-likeness (QED) is 0.800. The highest BCUT2D eigenvalue weighted by molar-refractivity contribution is 5.97. The Morgan fingerprint density at radius 1 is 1.21 bits per heavy atom. The monoisotopic (exact) mass is 266 g/mol. The van der Waals surface area contributed by atoms with Crippen molar-refractivity contribution in [3.8, 4) is 0 Å². The molecule has 0 aromatic heterocycles. The van der Waals surface area contributed by atoms with E-state index in [1.54, 1.807) is 0 Å². The number of carbonyl (C=O) groups excluding carboxylic acids is 2. The van der Waals surface area contributed by atoms with E-state index >= 15 is 0 Å². The molecule has 1 N–H and O–H groups in total. The van der Waals surface area contributed by atoms with E-state index in [-0.39, 0.29) is 29.9 Å². The van der Waals surface area contributed by atoms with Gasteiger partial charge in [0.2, 0.25) is 11.8 Å². The number of hydrogen-bond donors (Lipinski definition) is 1. The maximum atomic E-state index is 12.7. The topological polar surface area (TPSA) is 49.4 Å². The summed E-state index contributed by atoms with van der Waals surface area (Å²) in [6.45, 7) is 6.27. The molecule has 19 heavy (non-hydrogen) atoms. The predicted molar refractivity (Wildman–Crippen MR) is 74.6 cm³/mol. The predicted octanol–water partition coefficient (Wildman–Crippen LogP) is 2.08. The zero-order chi connectivity index (χ0) is 14.0. The fourth-order valence-electron chi connectivity index (χ4n) is 3.16. The van der Waals surface area contributed by atoms with Crippen molar-refractivity contribution < 1.29 is 9.59 Å². The first-order valence-corrected chi connectivity index (χ1v) is 7.76. The van der Waals surface area contributed by atoms with Crippen molar-refractivity contribution in [3.05, 3.63) is 0 Å². The fraction of sp³-hybridized carbons (Fsp3) is 0.867. The van der Waals surface area contributed by atoms with Crippen molar-refractivity contribution in [2.45, 2.75) is 77.4 Å². The van der Waals surface area contributed by atoms with Crippen LogP contribution in [-0.4, -0.2) is 34.8 Å². The first kappa shape index (κ1) is 14.4. The average Bonchev–Trinajstić information content (AvgIpc) is 3.22. The van der Waals surface area contributed by atoms with E-state index in [0.717, 1.165) is 38.5 Å². The summed E-state index contributed by atoms with van der Waals surface area (Å²) in [6, 6.07) is -0.296. The van der Waals surface area contributed by atoms with E-state index in [4.69, 9.17) is 0 Å². The highest BCUT2D eigenvalue weighted by Crippen LogP contribution is 2.36. The normalized spacial score (nSPS) is 27.9. The molecule has 0 aromatic rings. The van der Waals surface area contributed by atoms with Gasteiger partial charge in [0.05, 0.1) is 0 Å². The van der Waals surface area contributed by atoms with Gasteiger partial charge in [-0.05, 0) is 38.0 Å². The van der Waals surface area contributed by atoms with Gasteiger partial charge in [0, 0.05) is 6.04 Å². The van der Waals surface area contributed by atoms with Gasteiger partial charge in [-0.15, -0.1) is 0 Å². The molecular weight excluding hydrogens is 240 g/mol. The molecule has 2 rings (SSSR count). The Hall–Kier alpha value is -1.06. The van der Waals surface area contributed by atoms with Gasteiger partial charge in [-0.25, -0.2) is 0 Å². The molecule has 2 fully saturated rings. The molecule has 1 saturated carbocycles. The van der Waals surface area contributed by atoms with Crippen molar-refractivity contribution in [2.75, 3.05) is 0 Å². The second-order valence-electron chi connectivity index (χ2n) is 5.84. The van der Waals surface area contributed by atoms with Crippen LogP contribution in [0.25, 0.3) is 0 Å². The molecule has 108 valence electrons. The lowest BCUT2D eigenvalue weighted by molar-refractivity contribution is -0.153. The maximum Gasteiger partial charge on any atom is 0.246 e. The second kappa shape index (κ2) is 5.93. The van der Waals surface area contributed by atoms with Gasteiger partial charge in [-0.1, -0.05) is 27.2 Å². The lowest BCUT2D eigenvalue weighted by Crippen LogP contribution is -2.66. The van der Waals surface area contributed by atoms with E-state index in [1.807, 2.05) is 4.90 Å². The van der Waals surface area contributed by atoms with Crippen LogP contribution in [0, 0.1) is 5.92 Å². The Morgan fingerprint density at radius 3 is 2.32 bits per heavy atom. The van der Waals surface area contributed by atoms with Crippen LogP contribution in [0.1, 0.15) is 59.3 Å². The zero-order valence-electron chi connectivity index (χ0n) is 12.3. The van der Waals surface area contributed by atoms with Crippen LogP contribution in [0.15, 0.2) is 0 Å². The molecule has 1 aliphatic carbocycles. The Labute approximate surface area is 115 Å². The summed E-state index contributed by atoms with van der Waals surface area (Å²) in [5.74, 6) is 0.607. The molecule has 0 aromatic carbocycles. The molecule has 0 spiro atoms. The first-order valence-electron chi connectivity index (χ1n) is 7.76. The number of piperazine rings is 1. The van der Waals surface area contributed by atoms with E-state index in [0.29, 0.717) is 5.92 Å². The molecule has 4 nitrogen and oxygen atoms in total. The lowest BCUT2D eigenvalue weighted by atomic mass is 9.96. The number of amides is 2. The van der Waals surface area contributed by atoms with Gasteiger partial charge in [0.25, 0.3) is 0 Å². The molecular formula is C15H26N2O2. The molecule has 0 bridgehead atoms. The third-order valence-corrected chi connectivity index (χ3v) is 4.45. The van der Waals surface area contributed by atoms with Crippen LogP contribution in [0.4, 0.5) is 0 Å². The highest BCUT2D eigenvalue weighted by Gasteiger charge is 2.47. The summed E-state index contributed by atoms with van der Waals surface area (Å²) in [7, 11) is 0. The summed E-state index contributed by atoms with van der Waals surface area (Å²) in [5.41, 5.74) is 0. The molecule has 0 radical (unpaired) electrons. The molecule has 2 unspecified atom stereocenters. The van der Waals surface area contributed by atoms with Gasteiger partial charge in [-0.3, -0.25) is 9.59 Å². The van der Waals surface area contributed by atoms with Crippen molar-refractivity contribution in [2.24, 2.45) is 5.92 Å². The third kappa shape index (κ3) is 2.77. The summed E-state index contributed by atoms with van der Waals surface area (Å²) in [6.07, 6.45) is 5.69. The number of nitrogens with one attached hydrogen (secondary N) is 1. The Bertz CT molecular complexity index is 348. The number of hydrogen-bond acceptors (Lipinski definition) is 2. The van der Waals surface area contributed by atoms with Crippen molar-refractivity contribution in [3.63, 3.8) is 0 Å². The van der Waals surface area contributed by atoms with Gasteiger partial charge in [-0.2, -0.15) is 0 Å². The Kier molecular flexibility index (Phi) is 4.48. The molecule has 1 aliphatic heterocycles. The van der Waals surface area contributed by atoms with E-state index in [9.17, 15) is 9.59 Å². The molecule has 1 saturated heterocycles. The molecule has 2 aliphatic rings. The standard InChI is InChI=1S/C15H26N2O2/c1-4-7-12-14(18)16-13(10-8-9-10)15(19)17(12)11(5-2)6-3/h10-13H,4-9H2,1-3H3,(H,16,18). The first-order chi connectivity index (χ1) is 9.13. The minimum absolute atomic E-state index is 0.0604. The summed E-state index contributed by atoms with van der Waals surface area (Å²) in [5, 5.41) is 2.97. The van der Waals surface area contributed by atoms with Crippen LogP contribution >= 0.6 is 0 Å². The lowest BCUT2D eigenvalue weighted by Gasteiger charge is -2.43. The van der Waals surface area contributed by atoms with Gasteiger partial charge < -0.3 is 10.2 Å². The largest absolute Gasteiger partial charge is 0.342 e. The van der Waals surface area contributed by atoms with E-state index in [2.05, 4.69) is 26.1 Å². The SMILES string of the molecule is CCCC1C(=O)NC(C2CC2)C(=O)N1C(CC)CC. The highest BCUT2D eigenvalue weighted by atomic mass is 16.2. The maximum absolute atomic E-state index is 12.7. The average molecular weight is 266 g/mol. The van der Waals surface area contributed by atoms with Crippen molar-refractivity contribution in [1.29, 1.82) is 0 Å². The summed E-state index contributed by atoms with van der Waals surface area (Å²) >= 11 is 0. The Balaban J connectivity index is 2.22. The minimum Gasteiger partial charge on any atom is -0.342 e. The molecule has 2 amide bonds. The van der Waals surface area contributed by atoms with Crippen molar-refractivity contribution >= 4 is 11.8 Å². The van der Waals surface area contributed by atoms with Crippen LogP contribution in [0.2, 0.25) is 0 Å². The minimum atomic E-state index is -0.252. The number of carbonyl (C=O) groups is 2. The van der Waals surface area contributed by atoms with E-state index in [1.165, 1.54) is 0 Å². The molecule has 1 heterocycles. The third-order valence-electron chi connectivity index (χ3n) is 4.45. The van der Waals surface area contributed by atoms with Gasteiger partial charge in [0.15, 0.2) is 0 Å². The van der Waals surface area contributed by atoms with Crippen LogP contribution in [0.5, 0.6) is 0 Å².